The molecule has 1 saturated carbocycles. The molecule has 1 N–H and O–H groups in total. The van der Waals surface area contributed by atoms with Gasteiger partial charge in [-0.15, -0.1) is 0 Å². The number of hydrogen-bond donors (Lipinski definition) is 1. The molecule has 1 amide bonds. The van der Waals surface area contributed by atoms with Crippen molar-refractivity contribution in [1.82, 2.24) is 14.7 Å². The Morgan fingerprint density at radius 2 is 1.78 bits per heavy atom. The summed E-state index contributed by atoms with van der Waals surface area (Å²) < 4.78 is 33.0. The molecule has 0 atom stereocenters. The molecule has 0 aliphatic heterocycles. The molecule has 0 unspecified atom stereocenters. The summed E-state index contributed by atoms with van der Waals surface area (Å²) in [6.07, 6.45) is 7.38. The highest BCUT2D eigenvalue weighted by Crippen LogP contribution is 2.29. The molecule has 4 rings (SSSR count). The van der Waals surface area contributed by atoms with E-state index in [2.05, 4.69) is 21.8 Å². The lowest BCUT2D eigenvalue weighted by molar-refractivity contribution is 0.0979. The van der Waals surface area contributed by atoms with Crippen molar-refractivity contribution in [2.45, 2.75) is 43.4 Å². The van der Waals surface area contributed by atoms with Crippen molar-refractivity contribution in [3.8, 4) is 5.75 Å². The Kier molecular flexibility index (Phi) is 8.20. The summed E-state index contributed by atoms with van der Waals surface area (Å²) in [6.45, 7) is 0.713. The smallest absolute Gasteiger partial charge is 0.268 e. The minimum atomic E-state index is -4.06. The maximum Gasteiger partial charge on any atom is 0.268 e. The number of carbonyl (C=O) groups excluding carboxylic acids is 1. The Morgan fingerprint density at radius 3 is 2.44 bits per heavy atom. The minimum absolute atomic E-state index is 0.0211. The van der Waals surface area contributed by atoms with Crippen LogP contribution in [-0.2, 0) is 22.9 Å². The number of ether oxygens (including phenoxy) is 1. The van der Waals surface area contributed by atoms with Crippen LogP contribution in [0.2, 0.25) is 0 Å². The van der Waals surface area contributed by atoms with Gasteiger partial charge in [0.15, 0.2) is 0 Å². The number of sulfonamides is 1. The number of rotatable bonds is 10. The molecule has 1 aliphatic rings. The number of methoxy groups -OCH3 is 1. The molecule has 1 fully saturated rings. The molecule has 0 saturated heterocycles. The van der Waals surface area contributed by atoms with Crippen LogP contribution in [0.15, 0.2) is 65.7 Å². The lowest BCUT2D eigenvalue weighted by Gasteiger charge is -2.20. The average Bonchev–Trinajstić information content (AvgIpc) is 3.40. The number of aromatic nitrogens is 2. The summed E-state index contributed by atoms with van der Waals surface area (Å²) in [5.74, 6) is 0.748. The van der Waals surface area contributed by atoms with Crippen LogP contribution in [0.4, 0.5) is 5.95 Å². The Hall–Kier alpha value is -3.46. The second kappa shape index (κ2) is 11.5. The summed E-state index contributed by atoms with van der Waals surface area (Å²) in [5.41, 5.74) is 2.00. The standard InChI is InChI=1S/C27H32N4O4S/c1-31(17-16-20-8-4-3-5-9-20)27-28-19-24(25(29-27)18-21-10-6-7-11-21)26(32)30-36(33,34)23-14-12-22(35-2)13-15-23/h3-5,8-9,12-15,19,21H,6-7,10-11,16-18H2,1-2H3,(H,30,32). The summed E-state index contributed by atoms with van der Waals surface area (Å²) >= 11 is 0. The highest BCUT2D eigenvalue weighted by atomic mass is 32.2. The third-order valence-electron chi connectivity index (χ3n) is 6.57. The number of hydrogen-bond acceptors (Lipinski definition) is 7. The van der Waals surface area contributed by atoms with Gasteiger partial charge in [0.25, 0.3) is 15.9 Å². The monoisotopic (exact) mass is 508 g/mol. The first-order valence-corrected chi connectivity index (χ1v) is 13.7. The number of anilines is 1. The van der Waals surface area contributed by atoms with E-state index in [1.165, 1.54) is 43.1 Å². The van der Waals surface area contributed by atoms with Crippen molar-refractivity contribution in [2.75, 3.05) is 25.6 Å². The molecule has 9 heteroatoms. The van der Waals surface area contributed by atoms with Crippen molar-refractivity contribution < 1.29 is 17.9 Å². The first-order valence-electron chi connectivity index (χ1n) is 12.2. The third-order valence-corrected chi connectivity index (χ3v) is 7.92. The van der Waals surface area contributed by atoms with Crippen LogP contribution >= 0.6 is 0 Å². The lowest BCUT2D eigenvalue weighted by Crippen LogP contribution is -2.32. The zero-order chi connectivity index (χ0) is 25.5. The van der Waals surface area contributed by atoms with Gasteiger partial charge < -0.3 is 9.64 Å². The third kappa shape index (κ3) is 6.40. The van der Waals surface area contributed by atoms with E-state index in [-0.39, 0.29) is 10.5 Å². The van der Waals surface area contributed by atoms with E-state index in [4.69, 9.17) is 9.72 Å². The number of nitrogens with zero attached hydrogens (tertiary/aromatic N) is 3. The predicted octanol–water partition coefficient (Wildman–Crippen LogP) is 4.02. The van der Waals surface area contributed by atoms with E-state index in [1.807, 2.05) is 30.1 Å². The molecule has 1 aliphatic carbocycles. The van der Waals surface area contributed by atoms with E-state index < -0.39 is 15.9 Å². The lowest BCUT2D eigenvalue weighted by atomic mass is 9.99. The highest BCUT2D eigenvalue weighted by molar-refractivity contribution is 7.90. The van der Waals surface area contributed by atoms with Gasteiger partial charge in [0.2, 0.25) is 5.95 Å². The number of carbonyl (C=O) groups is 1. The molecular formula is C27H32N4O4S. The molecule has 1 aromatic heterocycles. The highest BCUT2D eigenvalue weighted by Gasteiger charge is 2.25. The van der Waals surface area contributed by atoms with Crippen LogP contribution in [0.3, 0.4) is 0 Å². The van der Waals surface area contributed by atoms with Gasteiger partial charge in [-0.25, -0.2) is 23.1 Å². The summed E-state index contributed by atoms with van der Waals surface area (Å²) in [7, 11) is -0.641. The van der Waals surface area contributed by atoms with E-state index in [1.54, 1.807) is 0 Å². The molecule has 0 bridgehead atoms. The van der Waals surface area contributed by atoms with Gasteiger partial charge in [-0.3, -0.25) is 4.79 Å². The molecule has 190 valence electrons. The van der Waals surface area contributed by atoms with Crippen molar-refractivity contribution in [3.63, 3.8) is 0 Å². The van der Waals surface area contributed by atoms with Crippen LogP contribution < -0.4 is 14.4 Å². The first-order chi connectivity index (χ1) is 17.4. The SMILES string of the molecule is COc1ccc(S(=O)(=O)NC(=O)c2cnc(N(C)CCc3ccccc3)nc2CC2CCCC2)cc1. The van der Waals surface area contributed by atoms with Gasteiger partial charge in [0, 0.05) is 19.8 Å². The quantitative estimate of drug-likeness (QED) is 0.441. The normalized spacial score (nSPS) is 13.9. The van der Waals surface area contributed by atoms with Crippen molar-refractivity contribution in [3.05, 3.63) is 77.6 Å². The van der Waals surface area contributed by atoms with Gasteiger partial charge in [0.05, 0.1) is 23.3 Å². The second-order valence-electron chi connectivity index (χ2n) is 9.15. The Labute approximate surface area is 212 Å². The van der Waals surface area contributed by atoms with Crippen molar-refractivity contribution in [1.29, 1.82) is 0 Å². The second-order valence-corrected chi connectivity index (χ2v) is 10.8. The maximum atomic E-state index is 13.1. The fourth-order valence-corrected chi connectivity index (χ4v) is 5.42. The zero-order valence-electron chi connectivity index (χ0n) is 20.7. The van der Waals surface area contributed by atoms with Gasteiger partial charge in [0.1, 0.15) is 5.75 Å². The molecule has 1 heterocycles. The van der Waals surface area contributed by atoms with Crippen LogP contribution in [0.5, 0.6) is 5.75 Å². The molecular weight excluding hydrogens is 476 g/mol. The van der Waals surface area contributed by atoms with Gasteiger partial charge in [-0.2, -0.15) is 0 Å². The van der Waals surface area contributed by atoms with E-state index in [0.29, 0.717) is 36.3 Å². The minimum Gasteiger partial charge on any atom is -0.497 e. The number of amides is 1. The molecule has 8 nitrogen and oxygen atoms in total. The summed E-state index contributed by atoms with van der Waals surface area (Å²) in [5, 5.41) is 0. The molecule has 2 aromatic carbocycles. The van der Waals surface area contributed by atoms with Crippen LogP contribution in [0, 0.1) is 5.92 Å². The fraction of sp³-hybridized carbons (Fsp3) is 0.370. The molecule has 0 spiro atoms. The zero-order valence-corrected chi connectivity index (χ0v) is 21.5. The van der Waals surface area contributed by atoms with Gasteiger partial charge in [-0.05, 0) is 48.6 Å². The van der Waals surface area contributed by atoms with Crippen molar-refractivity contribution >= 4 is 21.9 Å². The Bertz CT molecular complexity index is 1270. The van der Waals surface area contributed by atoms with E-state index >= 15 is 0 Å². The molecule has 36 heavy (non-hydrogen) atoms. The topological polar surface area (TPSA) is 101 Å². The van der Waals surface area contributed by atoms with Crippen LogP contribution in [0.25, 0.3) is 0 Å². The summed E-state index contributed by atoms with van der Waals surface area (Å²) in [4.78, 5) is 24.2. The van der Waals surface area contributed by atoms with E-state index in [0.717, 1.165) is 32.1 Å². The Morgan fingerprint density at radius 1 is 1.08 bits per heavy atom. The number of benzene rings is 2. The largest absolute Gasteiger partial charge is 0.497 e. The van der Waals surface area contributed by atoms with Crippen LogP contribution in [0.1, 0.15) is 47.3 Å². The van der Waals surface area contributed by atoms with Gasteiger partial charge in [-0.1, -0.05) is 56.0 Å². The predicted molar refractivity (Wildman–Crippen MR) is 139 cm³/mol. The summed E-state index contributed by atoms with van der Waals surface area (Å²) in [6, 6.07) is 16.0. The fourth-order valence-electron chi connectivity index (χ4n) is 4.46. The van der Waals surface area contributed by atoms with E-state index in [9.17, 15) is 13.2 Å². The van der Waals surface area contributed by atoms with Crippen LogP contribution in [-0.4, -0.2) is 45.0 Å². The number of likely N-dealkylation sites (N-methyl/N-ethyl adjacent to an activating group) is 1. The number of nitrogens with one attached hydrogen (secondary N) is 1. The van der Waals surface area contributed by atoms with Crippen molar-refractivity contribution in [2.24, 2.45) is 5.92 Å². The average molecular weight is 509 g/mol. The first kappa shape index (κ1) is 25.6. The molecule has 3 aromatic rings. The van der Waals surface area contributed by atoms with Gasteiger partial charge >= 0.3 is 0 Å². The maximum absolute atomic E-state index is 13.1. The Balaban J connectivity index is 1.54. The molecule has 0 radical (unpaired) electrons.